The second-order valence-corrected chi connectivity index (χ2v) is 5.07. The Bertz CT molecular complexity index is 553. The SMILES string of the molecule is Cc1nc(-c2ccccn2)nc(C)c1CNC1CC1. The Hall–Kier alpha value is -1.81. The van der Waals surface area contributed by atoms with Crippen molar-refractivity contribution in [3.05, 3.63) is 41.3 Å². The first-order chi connectivity index (χ1) is 9.24. The Kier molecular flexibility index (Phi) is 3.25. The quantitative estimate of drug-likeness (QED) is 0.910. The van der Waals surface area contributed by atoms with E-state index in [4.69, 9.17) is 0 Å². The lowest BCUT2D eigenvalue weighted by molar-refractivity contribution is 0.675. The average Bonchev–Trinajstić information content (AvgIpc) is 3.23. The first-order valence-electron chi connectivity index (χ1n) is 6.73. The fraction of sp³-hybridized carbons (Fsp3) is 0.400. The van der Waals surface area contributed by atoms with Gasteiger partial charge in [-0.05, 0) is 38.8 Å². The summed E-state index contributed by atoms with van der Waals surface area (Å²) in [5.41, 5.74) is 4.13. The Morgan fingerprint density at radius 1 is 1.16 bits per heavy atom. The average molecular weight is 254 g/mol. The third-order valence-corrected chi connectivity index (χ3v) is 3.46. The lowest BCUT2D eigenvalue weighted by atomic mass is 10.1. The summed E-state index contributed by atoms with van der Waals surface area (Å²) in [4.78, 5) is 13.5. The normalized spacial score (nSPS) is 14.6. The standard InChI is InChI=1S/C15H18N4/c1-10-13(9-17-12-6-7-12)11(2)19-15(18-10)14-5-3-4-8-16-14/h3-5,8,12,17H,6-7,9H2,1-2H3. The van der Waals surface area contributed by atoms with Crippen molar-refractivity contribution in [1.82, 2.24) is 20.3 Å². The molecule has 1 fully saturated rings. The topological polar surface area (TPSA) is 50.7 Å². The zero-order chi connectivity index (χ0) is 13.2. The summed E-state index contributed by atoms with van der Waals surface area (Å²) in [5.74, 6) is 0.714. The van der Waals surface area contributed by atoms with Crippen LogP contribution >= 0.6 is 0 Å². The molecule has 0 atom stereocenters. The molecule has 1 aliphatic rings. The van der Waals surface area contributed by atoms with Crippen molar-refractivity contribution in [1.29, 1.82) is 0 Å². The van der Waals surface area contributed by atoms with Crippen LogP contribution in [-0.2, 0) is 6.54 Å². The van der Waals surface area contributed by atoms with Crippen LogP contribution in [0.25, 0.3) is 11.5 Å². The van der Waals surface area contributed by atoms with Crippen LogP contribution in [0.5, 0.6) is 0 Å². The molecule has 2 aromatic heterocycles. The van der Waals surface area contributed by atoms with Crippen molar-refractivity contribution in [2.75, 3.05) is 0 Å². The van der Waals surface area contributed by atoms with Crippen molar-refractivity contribution in [2.45, 2.75) is 39.3 Å². The Morgan fingerprint density at radius 2 is 1.89 bits per heavy atom. The van der Waals surface area contributed by atoms with Crippen LogP contribution in [0.4, 0.5) is 0 Å². The summed E-state index contributed by atoms with van der Waals surface area (Å²) < 4.78 is 0. The van der Waals surface area contributed by atoms with E-state index in [1.54, 1.807) is 6.20 Å². The molecular formula is C15H18N4. The highest BCUT2D eigenvalue weighted by molar-refractivity contribution is 5.49. The van der Waals surface area contributed by atoms with Gasteiger partial charge in [0.2, 0.25) is 0 Å². The van der Waals surface area contributed by atoms with Crippen LogP contribution in [0.15, 0.2) is 24.4 Å². The van der Waals surface area contributed by atoms with Gasteiger partial charge in [-0.15, -0.1) is 0 Å². The van der Waals surface area contributed by atoms with Crippen molar-refractivity contribution < 1.29 is 0 Å². The number of nitrogens with one attached hydrogen (secondary N) is 1. The maximum atomic E-state index is 4.59. The monoisotopic (exact) mass is 254 g/mol. The number of pyridine rings is 1. The maximum absolute atomic E-state index is 4.59. The number of hydrogen-bond donors (Lipinski definition) is 1. The molecule has 2 heterocycles. The number of aromatic nitrogens is 3. The lowest BCUT2D eigenvalue weighted by Crippen LogP contribution is -2.18. The summed E-state index contributed by atoms with van der Waals surface area (Å²) in [5, 5.41) is 3.52. The smallest absolute Gasteiger partial charge is 0.178 e. The van der Waals surface area contributed by atoms with Crippen molar-refractivity contribution in [3.63, 3.8) is 0 Å². The molecule has 19 heavy (non-hydrogen) atoms. The molecule has 0 saturated heterocycles. The number of hydrogen-bond acceptors (Lipinski definition) is 4. The molecule has 0 amide bonds. The van der Waals surface area contributed by atoms with E-state index in [0.717, 1.165) is 23.6 Å². The van der Waals surface area contributed by atoms with E-state index in [0.29, 0.717) is 11.9 Å². The Morgan fingerprint density at radius 3 is 2.47 bits per heavy atom. The van der Waals surface area contributed by atoms with Crippen molar-refractivity contribution in [3.8, 4) is 11.5 Å². The van der Waals surface area contributed by atoms with Gasteiger partial charge in [0.15, 0.2) is 5.82 Å². The third-order valence-electron chi connectivity index (χ3n) is 3.46. The minimum absolute atomic E-state index is 0.703. The zero-order valence-electron chi connectivity index (χ0n) is 11.3. The fourth-order valence-corrected chi connectivity index (χ4v) is 2.14. The van der Waals surface area contributed by atoms with E-state index in [9.17, 15) is 0 Å². The third kappa shape index (κ3) is 2.79. The predicted molar refractivity (Wildman–Crippen MR) is 74.6 cm³/mol. The fourth-order valence-electron chi connectivity index (χ4n) is 2.14. The van der Waals surface area contributed by atoms with Gasteiger partial charge in [0.25, 0.3) is 0 Å². The molecule has 4 nitrogen and oxygen atoms in total. The van der Waals surface area contributed by atoms with Crippen LogP contribution in [0.3, 0.4) is 0 Å². The van der Waals surface area contributed by atoms with E-state index in [2.05, 4.69) is 20.3 Å². The Labute approximate surface area is 113 Å². The van der Waals surface area contributed by atoms with Gasteiger partial charge in [0, 0.05) is 35.7 Å². The van der Waals surface area contributed by atoms with Gasteiger partial charge >= 0.3 is 0 Å². The molecule has 0 aromatic carbocycles. The maximum Gasteiger partial charge on any atom is 0.178 e. The van der Waals surface area contributed by atoms with Crippen molar-refractivity contribution in [2.24, 2.45) is 0 Å². The highest BCUT2D eigenvalue weighted by Gasteiger charge is 2.21. The molecule has 0 unspecified atom stereocenters. The first kappa shape index (κ1) is 12.2. The van der Waals surface area contributed by atoms with E-state index in [-0.39, 0.29) is 0 Å². The van der Waals surface area contributed by atoms with Crippen LogP contribution in [0.2, 0.25) is 0 Å². The van der Waals surface area contributed by atoms with Gasteiger partial charge in [0.1, 0.15) is 5.69 Å². The van der Waals surface area contributed by atoms with Gasteiger partial charge in [-0.25, -0.2) is 9.97 Å². The molecule has 0 radical (unpaired) electrons. The number of rotatable bonds is 4. The molecule has 0 spiro atoms. The summed E-state index contributed by atoms with van der Waals surface area (Å²) in [7, 11) is 0. The molecule has 1 N–H and O–H groups in total. The minimum Gasteiger partial charge on any atom is -0.310 e. The van der Waals surface area contributed by atoms with Crippen LogP contribution in [-0.4, -0.2) is 21.0 Å². The van der Waals surface area contributed by atoms with E-state index in [1.165, 1.54) is 18.4 Å². The second kappa shape index (κ2) is 5.05. The first-order valence-corrected chi connectivity index (χ1v) is 6.73. The van der Waals surface area contributed by atoms with E-state index < -0.39 is 0 Å². The second-order valence-electron chi connectivity index (χ2n) is 5.07. The molecular weight excluding hydrogens is 236 g/mol. The Balaban J connectivity index is 1.88. The molecule has 4 heteroatoms. The molecule has 3 rings (SSSR count). The molecule has 98 valence electrons. The summed E-state index contributed by atoms with van der Waals surface area (Å²) in [6.45, 7) is 4.96. The molecule has 0 aliphatic heterocycles. The summed E-state index contributed by atoms with van der Waals surface area (Å²) in [6.07, 6.45) is 4.36. The predicted octanol–water partition coefficient (Wildman–Crippen LogP) is 2.41. The van der Waals surface area contributed by atoms with Gasteiger partial charge in [0.05, 0.1) is 0 Å². The number of aryl methyl sites for hydroxylation is 2. The molecule has 2 aromatic rings. The van der Waals surface area contributed by atoms with Crippen LogP contribution in [0, 0.1) is 13.8 Å². The number of nitrogens with zero attached hydrogens (tertiary/aromatic N) is 3. The highest BCUT2D eigenvalue weighted by Crippen LogP contribution is 2.21. The van der Waals surface area contributed by atoms with Gasteiger partial charge in [-0.3, -0.25) is 4.98 Å². The summed E-state index contributed by atoms with van der Waals surface area (Å²) >= 11 is 0. The van der Waals surface area contributed by atoms with Crippen molar-refractivity contribution >= 4 is 0 Å². The van der Waals surface area contributed by atoms with Crippen LogP contribution < -0.4 is 5.32 Å². The minimum atomic E-state index is 0.703. The van der Waals surface area contributed by atoms with Gasteiger partial charge in [-0.1, -0.05) is 6.07 Å². The molecule has 0 bridgehead atoms. The molecule has 1 aliphatic carbocycles. The lowest BCUT2D eigenvalue weighted by Gasteiger charge is -2.11. The van der Waals surface area contributed by atoms with E-state index >= 15 is 0 Å². The zero-order valence-corrected chi connectivity index (χ0v) is 11.3. The van der Waals surface area contributed by atoms with Crippen LogP contribution in [0.1, 0.15) is 29.8 Å². The van der Waals surface area contributed by atoms with Gasteiger partial charge < -0.3 is 5.32 Å². The molecule has 1 saturated carbocycles. The van der Waals surface area contributed by atoms with Gasteiger partial charge in [-0.2, -0.15) is 0 Å². The largest absolute Gasteiger partial charge is 0.310 e. The summed E-state index contributed by atoms with van der Waals surface area (Å²) in [6, 6.07) is 6.50. The highest BCUT2D eigenvalue weighted by atomic mass is 15.0. The van der Waals surface area contributed by atoms with E-state index in [1.807, 2.05) is 32.0 Å².